The van der Waals surface area contributed by atoms with Crippen LogP contribution in [-0.2, 0) is 14.3 Å². The molecule has 0 fully saturated rings. The Bertz CT molecular complexity index is 312. The van der Waals surface area contributed by atoms with Crippen LogP contribution in [0.4, 0.5) is 0 Å². The molecule has 0 aliphatic carbocycles. The van der Waals surface area contributed by atoms with Gasteiger partial charge in [0, 0.05) is 18.3 Å². The molecular weight excluding hydrogens is 268 g/mol. The predicted molar refractivity (Wildman–Crippen MR) is 82.8 cm³/mol. The fraction of sp³-hybridized carbons (Fsp3) is 0.824. The number of carbonyl (C=O) groups excluding carboxylic acids is 1. The van der Waals surface area contributed by atoms with Crippen LogP contribution in [0.3, 0.4) is 0 Å². The predicted octanol–water partition coefficient (Wildman–Crippen LogP) is 3.73. The molecule has 0 aromatic heterocycles. The highest BCUT2D eigenvalue weighted by Crippen LogP contribution is 2.14. The molecular formula is C17H30O4. The lowest BCUT2D eigenvalue weighted by Crippen LogP contribution is -2.14. The first kappa shape index (κ1) is 18.2. The molecule has 0 amide bonds. The summed E-state index contributed by atoms with van der Waals surface area (Å²) >= 11 is 0. The first-order valence-electron chi connectivity index (χ1n) is 8.41. The minimum absolute atomic E-state index is 0.282. The number of unbranched alkanes of at least 4 members (excludes halogenated alkanes) is 9. The van der Waals surface area contributed by atoms with Crippen molar-refractivity contribution in [2.45, 2.75) is 77.4 Å². The molecule has 1 aliphatic rings. The monoisotopic (exact) mass is 298 g/mol. The van der Waals surface area contributed by atoms with Gasteiger partial charge in [0.05, 0.1) is 6.61 Å². The molecule has 122 valence electrons. The van der Waals surface area contributed by atoms with Crippen LogP contribution in [0.25, 0.3) is 0 Å². The molecule has 1 N–H and O–H groups in total. The van der Waals surface area contributed by atoms with Crippen LogP contribution in [0, 0.1) is 0 Å². The Morgan fingerprint density at radius 1 is 1.05 bits per heavy atom. The maximum absolute atomic E-state index is 10.9. The summed E-state index contributed by atoms with van der Waals surface area (Å²) in [5, 5.41) is 9.35. The SMILES string of the molecule is CCCCCCCCCCCCOCC1=CC(=O)OC1O. The highest BCUT2D eigenvalue weighted by Gasteiger charge is 2.23. The van der Waals surface area contributed by atoms with E-state index in [-0.39, 0.29) is 6.61 Å². The second-order valence-electron chi connectivity index (χ2n) is 5.74. The molecule has 4 heteroatoms. The third kappa shape index (κ3) is 8.89. The molecule has 0 bridgehead atoms. The standard InChI is InChI=1S/C17H30O4/c1-2-3-4-5-6-7-8-9-10-11-12-20-14-15-13-16(18)21-17(15)19/h13,17,19H,2-12,14H2,1H3. The van der Waals surface area contributed by atoms with Crippen LogP contribution >= 0.6 is 0 Å². The minimum atomic E-state index is -1.11. The molecule has 0 saturated carbocycles. The van der Waals surface area contributed by atoms with Crippen LogP contribution < -0.4 is 0 Å². The summed E-state index contributed by atoms with van der Waals surface area (Å²) in [6.45, 7) is 3.20. The number of aliphatic hydroxyl groups is 1. The van der Waals surface area contributed by atoms with E-state index in [1.807, 2.05) is 0 Å². The van der Waals surface area contributed by atoms with Crippen LogP contribution in [-0.4, -0.2) is 30.6 Å². The fourth-order valence-corrected chi connectivity index (χ4v) is 2.44. The van der Waals surface area contributed by atoms with Gasteiger partial charge in [-0.25, -0.2) is 4.79 Å². The summed E-state index contributed by atoms with van der Waals surface area (Å²) in [4.78, 5) is 10.9. The largest absolute Gasteiger partial charge is 0.429 e. The third-order valence-electron chi connectivity index (χ3n) is 3.76. The number of hydrogen-bond donors (Lipinski definition) is 1. The number of carbonyl (C=O) groups is 1. The Labute approximate surface area is 128 Å². The number of hydrogen-bond acceptors (Lipinski definition) is 4. The fourth-order valence-electron chi connectivity index (χ4n) is 2.44. The van der Waals surface area contributed by atoms with E-state index in [2.05, 4.69) is 11.7 Å². The topological polar surface area (TPSA) is 55.8 Å². The molecule has 4 nitrogen and oxygen atoms in total. The second-order valence-corrected chi connectivity index (χ2v) is 5.74. The van der Waals surface area contributed by atoms with Crippen LogP contribution in [0.15, 0.2) is 11.6 Å². The minimum Gasteiger partial charge on any atom is -0.429 e. The van der Waals surface area contributed by atoms with E-state index in [1.165, 1.54) is 63.9 Å². The molecule has 0 radical (unpaired) electrons. The van der Waals surface area contributed by atoms with Gasteiger partial charge >= 0.3 is 5.97 Å². The Kier molecular flexibility index (Phi) is 10.2. The van der Waals surface area contributed by atoms with Crippen molar-refractivity contribution in [3.63, 3.8) is 0 Å². The quantitative estimate of drug-likeness (QED) is 0.416. The lowest BCUT2D eigenvalue weighted by atomic mass is 10.1. The smallest absolute Gasteiger partial charge is 0.333 e. The summed E-state index contributed by atoms with van der Waals surface area (Å²) in [5.74, 6) is -0.486. The molecule has 1 unspecified atom stereocenters. The Morgan fingerprint density at radius 2 is 1.62 bits per heavy atom. The number of cyclic esters (lactones) is 1. The number of rotatable bonds is 13. The van der Waals surface area contributed by atoms with Gasteiger partial charge in [0.1, 0.15) is 0 Å². The van der Waals surface area contributed by atoms with Gasteiger partial charge in [-0.15, -0.1) is 0 Å². The van der Waals surface area contributed by atoms with Gasteiger partial charge in [-0.2, -0.15) is 0 Å². The van der Waals surface area contributed by atoms with Gasteiger partial charge < -0.3 is 14.6 Å². The van der Waals surface area contributed by atoms with E-state index in [4.69, 9.17) is 4.74 Å². The van der Waals surface area contributed by atoms with Crippen LogP contribution in [0.5, 0.6) is 0 Å². The zero-order chi connectivity index (χ0) is 15.3. The summed E-state index contributed by atoms with van der Waals surface area (Å²) < 4.78 is 10.0. The molecule has 1 heterocycles. The maximum atomic E-state index is 10.9. The van der Waals surface area contributed by atoms with Crippen molar-refractivity contribution in [3.8, 4) is 0 Å². The first-order chi connectivity index (χ1) is 10.2. The van der Waals surface area contributed by atoms with Crippen LogP contribution in [0.2, 0.25) is 0 Å². The van der Waals surface area contributed by atoms with Crippen molar-refractivity contribution in [2.24, 2.45) is 0 Å². The highest BCUT2D eigenvalue weighted by molar-refractivity contribution is 5.85. The average molecular weight is 298 g/mol. The lowest BCUT2D eigenvalue weighted by molar-refractivity contribution is -0.151. The van der Waals surface area contributed by atoms with Crippen molar-refractivity contribution >= 4 is 5.97 Å². The molecule has 21 heavy (non-hydrogen) atoms. The van der Waals surface area contributed by atoms with Gasteiger partial charge in [0.15, 0.2) is 0 Å². The van der Waals surface area contributed by atoms with E-state index in [1.54, 1.807) is 0 Å². The molecule has 0 aromatic carbocycles. The molecule has 1 aliphatic heterocycles. The van der Waals surface area contributed by atoms with Crippen molar-refractivity contribution in [1.82, 2.24) is 0 Å². The highest BCUT2D eigenvalue weighted by atomic mass is 16.6. The van der Waals surface area contributed by atoms with E-state index in [0.29, 0.717) is 12.2 Å². The van der Waals surface area contributed by atoms with Gasteiger partial charge in [-0.05, 0) is 6.42 Å². The van der Waals surface area contributed by atoms with Crippen molar-refractivity contribution in [2.75, 3.05) is 13.2 Å². The molecule has 0 spiro atoms. The summed E-state index contributed by atoms with van der Waals surface area (Å²) in [6, 6.07) is 0. The summed E-state index contributed by atoms with van der Waals surface area (Å²) in [6.07, 6.45) is 13.2. The number of aliphatic hydroxyl groups excluding tert-OH is 1. The maximum Gasteiger partial charge on any atom is 0.333 e. The first-order valence-corrected chi connectivity index (χ1v) is 8.41. The third-order valence-corrected chi connectivity index (χ3v) is 3.76. The van der Waals surface area contributed by atoms with Crippen molar-refractivity contribution in [1.29, 1.82) is 0 Å². The van der Waals surface area contributed by atoms with E-state index >= 15 is 0 Å². The van der Waals surface area contributed by atoms with Crippen molar-refractivity contribution in [3.05, 3.63) is 11.6 Å². The molecule has 1 rings (SSSR count). The van der Waals surface area contributed by atoms with Gasteiger partial charge in [-0.3, -0.25) is 0 Å². The Morgan fingerprint density at radius 3 is 2.14 bits per heavy atom. The van der Waals surface area contributed by atoms with E-state index < -0.39 is 12.3 Å². The average Bonchev–Trinajstić information content (AvgIpc) is 2.78. The van der Waals surface area contributed by atoms with Gasteiger partial charge in [0.25, 0.3) is 0 Å². The summed E-state index contributed by atoms with van der Waals surface area (Å²) in [5.41, 5.74) is 0.520. The molecule has 0 aromatic rings. The summed E-state index contributed by atoms with van der Waals surface area (Å²) in [7, 11) is 0. The zero-order valence-corrected chi connectivity index (χ0v) is 13.3. The Hall–Kier alpha value is -0.870. The second kappa shape index (κ2) is 11.8. The van der Waals surface area contributed by atoms with Crippen molar-refractivity contribution < 1.29 is 19.4 Å². The van der Waals surface area contributed by atoms with Crippen LogP contribution in [0.1, 0.15) is 71.1 Å². The lowest BCUT2D eigenvalue weighted by Gasteiger charge is -2.08. The van der Waals surface area contributed by atoms with Gasteiger partial charge in [-0.1, -0.05) is 64.7 Å². The van der Waals surface area contributed by atoms with Gasteiger partial charge in [0.2, 0.25) is 6.29 Å². The molecule has 1 atom stereocenters. The number of esters is 1. The number of ether oxygens (including phenoxy) is 2. The zero-order valence-electron chi connectivity index (χ0n) is 13.3. The molecule has 0 saturated heterocycles. The van der Waals surface area contributed by atoms with E-state index in [9.17, 15) is 9.90 Å². The Balaban J connectivity index is 1.81. The normalized spacial score (nSPS) is 17.9. The van der Waals surface area contributed by atoms with E-state index in [0.717, 1.165) is 6.42 Å².